The van der Waals surface area contributed by atoms with E-state index in [-0.39, 0.29) is 24.8 Å². The molecule has 20 heavy (non-hydrogen) atoms. The maximum Gasteiger partial charge on any atom is 0.186 e. The minimum atomic E-state index is 0. The first kappa shape index (κ1) is 19.1. The summed E-state index contributed by atoms with van der Waals surface area (Å²) in [6, 6.07) is 8.43. The van der Waals surface area contributed by atoms with Gasteiger partial charge in [0.05, 0.1) is 0 Å². The second kappa shape index (κ2) is 8.39. The Bertz CT molecular complexity index is 543. The van der Waals surface area contributed by atoms with E-state index in [2.05, 4.69) is 53.3 Å². The number of para-hydroxylation sites is 1. The second-order valence-corrected chi connectivity index (χ2v) is 5.32. The molecular weight excluding hydrogens is 315 g/mol. The molecule has 0 fully saturated rings. The summed E-state index contributed by atoms with van der Waals surface area (Å²) in [5.41, 5.74) is 2.57. The zero-order chi connectivity index (χ0) is 13.1. The zero-order valence-electron chi connectivity index (χ0n) is 12.0. The van der Waals surface area contributed by atoms with Crippen molar-refractivity contribution in [3.05, 3.63) is 35.7 Å². The molecule has 112 valence electrons. The van der Waals surface area contributed by atoms with Gasteiger partial charge in [-0.3, -0.25) is 0 Å². The highest BCUT2D eigenvalue weighted by Crippen LogP contribution is 2.26. The number of thioether (sulfide) groups is 1. The third kappa shape index (κ3) is 4.58. The van der Waals surface area contributed by atoms with Gasteiger partial charge in [0.2, 0.25) is 0 Å². The van der Waals surface area contributed by atoms with Crippen molar-refractivity contribution in [1.82, 2.24) is 14.8 Å². The van der Waals surface area contributed by atoms with Gasteiger partial charge in [-0.15, -0.1) is 24.8 Å². The summed E-state index contributed by atoms with van der Waals surface area (Å²) in [6.07, 6.45) is 0. The predicted molar refractivity (Wildman–Crippen MR) is 90.6 cm³/mol. The van der Waals surface area contributed by atoms with Crippen molar-refractivity contribution in [3.63, 3.8) is 0 Å². The molecule has 0 saturated heterocycles. The highest BCUT2D eigenvalue weighted by atomic mass is 35.5. The smallest absolute Gasteiger partial charge is 0.186 e. The van der Waals surface area contributed by atoms with Gasteiger partial charge in [-0.1, -0.05) is 30.0 Å². The van der Waals surface area contributed by atoms with E-state index >= 15 is 0 Å². The van der Waals surface area contributed by atoms with Gasteiger partial charge < -0.3 is 4.90 Å². The van der Waals surface area contributed by atoms with Gasteiger partial charge in [-0.25, -0.2) is 9.67 Å². The SMILES string of the molecule is Cc1nc(SCc2ccccc2N(C)C)n(C)n1.Cl.Cl. The minimum Gasteiger partial charge on any atom is -0.377 e. The number of benzene rings is 1. The Morgan fingerprint density at radius 2 is 1.85 bits per heavy atom. The third-order valence-corrected chi connectivity index (χ3v) is 3.73. The largest absolute Gasteiger partial charge is 0.377 e. The molecule has 0 aliphatic rings. The van der Waals surface area contributed by atoms with Crippen LogP contribution in [0.5, 0.6) is 0 Å². The summed E-state index contributed by atoms with van der Waals surface area (Å²) in [4.78, 5) is 6.54. The topological polar surface area (TPSA) is 34.0 Å². The molecule has 0 aliphatic carbocycles. The van der Waals surface area contributed by atoms with Gasteiger partial charge >= 0.3 is 0 Å². The maximum atomic E-state index is 4.40. The molecule has 4 nitrogen and oxygen atoms in total. The fourth-order valence-electron chi connectivity index (χ4n) is 1.83. The van der Waals surface area contributed by atoms with Crippen molar-refractivity contribution in [1.29, 1.82) is 0 Å². The lowest BCUT2D eigenvalue weighted by Gasteiger charge is -2.16. The van der Waals surface area contributed by atoms with E-state index in [0.29, 0.717) is 0 Å². The Labute approximate surface area is 136 Å². The fraction of sp³-hybridized carbons (Fsp3) is 0.385. The Morgan fingerprint density at radius 1 is 1.20 bits per heavy atom. The van der Waals surface area contributed by atoms with Crippen molar-refractivity contribution in [2.24, 2.45) is 7.05 Å². The highest BCUT2D eigenvalue weighted by molar-refractivity contribution is 7.98. The normalized spacial score (nSPS) is 9.60. The predicted octanol–water partition coefficient (Wildman–Crippen LogP) is 3.33. The first-order valence-electron chi connectivity index (χ1n) is 5.83. The van der Waals surface area contributed by atoms with Crippen LogP contribution in [0.3, 0.4) is 0 Å². The van der Waals surface area contributed by atoms with Gasteiger partial charge in [0.15, 0.2) is 5.16 Å². The fourth-order valence-corrected chi connectivity index (χ4v) is 2.78. The molecule has 0 saturated carbocycles. The number of hydrogen-bond donors (Lipinski definition) is 0. The molecule has 7 heteroatoms. The van der Waals surface area contributed by atoms with E-state index < -0.39 is 0 Å². The van der Waals surface area contributed by atoms with Crippen LogP contribution < -0.4 is 4.90 Å². The second-order valence-electron chi connectivity index (χ2n) is 4.38. The lowest BCUT2D eigenvalue weighted by atomic mass is 10.2. The van der Waals surface area contributed by atoms with Crippen molar-refractivity contribution in [2.45, 2.75) is 17.8 Å². The summed E-state index contributed by atoms with van der Waals surface area (Å²) in [5, 5.41) is 5.21. The summed E-state index contributed by atoms with van der Waals surface area (Å²) < 4.78 is 1.83. The number of anilines is 1. The van der Waals surface area contributed by atoms with E-state index in [4.69, 9.17) is 0 Å². The van der Waals surface area contributed by atoms with Gasteiger partial charge in [-0.05, 0) is 18.6 Å². The Morgan fingerprint density at radius 3 is 2.40 bits per heavy atom. The minimum absolute atomic E-state index is 0. The molecule has 0 aliphatic heterocycles. The van der Waals surface area contributed by atoms with Crippen molar-refractivity contribution >= 4 is 42.3 Å². The zero-order valence-corrected chi connectivity index (χ0v) is 14.5. The molecule has 0 atom stereocenters. The molecule has 0 amide bonds. The summed E-state index contributed by atoms with van der Waals surface area (Å²) in [5.74, 6) is 1.72. The number of aryl methyl sites for hydroxylation is 2. The van der Waals surface area contributed by atoms with Crippen LogP contribution in [-0.2, 0) is 12.8 Å². The Hall–Kier alpha value is -0.910. The number of hydrogen-bond acceptors (Lipinski definition) is 4. The highest BCUT2D eigenvalue weighted by Gasteiger charge is 2.08. The van der Waals surface area contributed by atoms with Crippen molar-refractivity contribution in [2.75, 3.05) is 19.0 Å². The average Bonchev–Trinajstić information content (AvgIpc) is 2.65. The summed E-state index contributed by atoms with van der Waals surface area (Å²) >= 11 is 1.72. The lowest BCUT2D eigenvalue weighted by molar-refractivity contribution is 0.682. The Balaban J connectivity index is 0.00000180. The lowest BCUT2D eigenvalue weighted by Crippen LogP contribution is -2.10. The van der Waals surface area contributed by atoms with Crippen LogP contribution in [-0.4, -0.2) is 28.9 Å². The number of aromatic nitrogens is 3. The quantitative estimate of drug-likeness (QED) is 0.803. The molecular formula is C13H20Cl2N4S. The Kier molecular flexibility index (Phi) is 8.01. The first-order chi connectivity index (χ1) is 8.58. The van der Waals surface area contributed by atoms with E-state index in [1.54, 1.807) is 11.8 Å². The number of nitrogens with zero attached hydrogens (tertiary/aromatic N) is 4. The van der Waals surface area contributed by atoms with Crippen LogP contribution in [0, 0.1) is 6.92 Å². The molecule has 2 aromatic rings. The van der Waals surface area contributed by atoms with Crippen LogP contribution >= 0.6 is 36.6 Å². The summed E-state index contributed by atoms with van der Waals surface area (Å²) in [6.45, 7) is 1.91. The van der Waals surface area contributed by atoms with Crippen molar-refractivity contribution < 1.29 is 0 Å². The molecule has 2 rings (SSSR count). The third-order valence-electron chi connectivity index (χ3n) is 2.66. The van der Waals surface area contributed by atoms with Crippen LogP contribution in [0.4, 0.5) is 5.69 Å². The standard InChI is InChI=1S/C13H18N4S.2ClH/c1-10-14-13(17(4)15-10)18-9-11-7-5-6-8-12(11)16(2)3;;/h5-8H,9H2,1-4H3;2*1H. The average molecular weight is 335 g/mol. The van der Waals surface area contributed by atoms with E-state index in [1.165, 1.54) is 11.3 Å². The molecule has 0 N–H and O–H groups in total. The van der Waals surface area contributed by atoms with Crippen LogP contribution in [0.15, 0.2) is 29.4 Å². The number of halogens is 2. The number of rotatable bonds is 4. The van der Waals surface area contributed by atoms with Gasteiger partial charge in [-0.2, -0.15) is 5.10 Å². The molecule has 0 unspecified atom stereocenters. The molecule has 1 aromatic carbocycles. The molecule has 0 radical (unpaired) electrons. The van der Waals surface area contributed by atoms with Crippen LogP contribution in [0.2, 0.25) is 0 Å². The first-order valence-corrected chi connectivity index (χ1v) is 6.82. The van der Waals surface area contributed by atoms with Gasteiger partial charge in [0.25, 0.3) is 0 Å². The van der Waals surface area contributed by atoms with Gasteiger partial charge in [0, 0.05) is 32.6 Å². The van der Waals surface area contributed by atoms with Crippen LogP contribution in [0.25, 0.3) is 0 Å². The van der Waals surface area contributed by atoms with Crippen LogP contribution in [0.1, 0.15) is 11.4 Å². The maximum absolute atomic E-state index is 4.40. The monoisotopic (exact) mass is 334 g/mol. The molecule has 0 spiro atoms. The summed E-state index contributed by atoms with van der Waals surface area (Å²) in [7, 11) is 6.06. The molecule has 1 heterocycles. The van der Waals surface area contributed by atoms with Gasteiger partial charge in [0.1, 0.15) is 5.82 Å². The molecule has 0 bridgehead atoms. The van der Waals surface area contributed by atoms with E-state index in [9.17, 15) is 0 Å². The van der Waals surface area contributed by atoms with Crippen molar-refractivity contribution in [3.8, 4) is 0 Å². The van der Waals surface area contributed by atoms with E-state index in [0.717, 1.165) is 16.7 Å². The van der Waals surface area contributed by atoms with E-state index in [1.807, 2.05) is 18.7 Å². The molecule has 1 aromatic heterocycles.